The van der Waals surface area contributed by atoms with E-state index in [2.05, 4.69) is 11.4 Å². The maximum Gasteiger partial charge on any atom is 1.00 e. The number of nitrogens with one attached hydrogen (secondary N) is 1. The Hall–Kier alpha value is -2.22. The van der Waals surface area contributed by atoms with Crippen LogP contribution >= 0.6 is 23.2 Å². The van der Waals surface area contributed by atoms with Gasteiger partial charge >= 0.3 is 29.6 Å². The minimum atomic E-state index is -1.16. The Morgan fingerprint density at radius 3 is 2.43 bits per heavy atom. The smallest absolute Gasteiger partial charge is 0.549 e. The Morgan fingerprint density at radius 2 is 1.76 bits per heavy atom. The Morgan fingerprint density at radius 1 is 1.00 bits per heavy atom. The van der Waals surface area contributed by atoms with E-state index in [1.807, 2.05) is 12.1 Å². The van der Waals surface area contributed by atoms with Crippen LogP contribution in [0.1, 0.15) is 58.1 Å². The van der Waals surface area contributed by atoms with E-state index in [9.17, 15) is 14.7 Å². The molecule has 6 nitrogen and oxygen atoms in total. The van der Waals surface area contributed by atoms with Crippen LogP contribution in [0.15, 0.2) is 54.6 Å². The first-order valence-electron chi connectivity index (χ1n) is 11.9. The van der Waals surface area contributed by atoms with Gasteiger partial charge in [0.1, 0.15) is 17.2 Å². The molecule has 3 aromatic rings. The number of carboxylic acids is 1. The van der Waals surface area contributed by atoms with Gasteiger partial charge < -0.3 is 24.7 Å². The molecule has 37 heavy (non-hydrogen) atoms. The third-order valence-electron chi connectivity index (χ3n) is 6.54. The zero-order valence-electron chi connectivity index (χ0n) is 20.4. The molecule has 1 atom stereocenters. The summed E-state index contributed by atoms with van der Waals surface area (Å²) in [6, 6.07) is 16.0. The van der Waals surface area contributed by atoms with Gasteiger partial charge in [-0.1, -0.05) is 35.3 Å². The van der Waals surface area contributed by atoms with Gasteiger partial charge in [-0.25, -0.2) is 0 Å². The molecule has 5 rings (SSSR count). The summed E-state index contributed by atoms with van der Waals surface area (Å²) in [7, 11) is 0. The predicted molar refractivity (Wildman–Crippen MR) is 135 cm³/mol. The van der Waals surface area contributed by atoms with Crippen LogP contribution in [0.4, 0.5) is 0 Å². The molecule has 1 N–H and O–H groups in total. The van der Waals surface area contributed by atoms with Crippen LogP contribution in [0.25, 0.3) is 0 Å². The summed E-state index contributed by atoms with van der Waals surface area (Å²) in [5.41, 5.74) is 3.28. The topological polar surface area (TPSA) is 87.7 Å². The molecule has 0 spiro atoms. The predicted octanol–water partition coefficient (Wildman–Crippen LogP) is 2.26. The molecule has 0 radical (unpaired) electrons. The van der Waals surface area contributed by atoms with E-state index >= 15 is 0 Å². The van der Waals surface area contributed by atoms with Crippen molar-refractivity contribution in [1.29, 1.82) is 0 Å². The molecule has 0 bridgehead atoms. The summed E-state index contributed by atoms with van der Waals surface area (Å²) < 4.78 is 11.5. The van der Waals surface area contributed by atoms with Gasteiger partial charge in [0.25, 0.3) is 5.91 Å². The van der Waals surface area contributed by atoms with Crippen molar-refractivity contribution in [1.82, 2.24) is 5.32 Å². The van der Waals surface area contributed by atoms with Crippen molar-refractivity contribution in [2.45, 2.75) is 37.5 Å². The standard InChI is InChI=1S/C28H25Cl2NO5.Na/c29-23-13-19(16-1-2-16)4-3-17(23)9-11-31-27(32)18-5-7-20(8-6-18)36-26-15-25-22(14-24(26)30)21(28(33)34)10-12-35-25;/h3-8,13-16,21H,1-2,9-12H2,(H,31,32)(H,33,34);/q;+1/p-1. The van der Waals surface area contributed by atoms with Gasteiger partial charge in [-0.05, 0) is 79.1 Å². The third-order valence-corrected chi connectivity index (χ3v) is 7.19. The third kappa shape index (κ3) is 6.62. The van der Waals surface area contributed by atoms with Gasteiger partial charge in [-0.2, -0.15) is 0 Å². The summed E-state index contributed by atoms with van der Waals surface area (Å²) in [6.45, 7) is 0.742. The van der Waals surface area contributed by atoms with Crippen molar-refractivity contribution in [3.63, 3.8) is 0 Å². The number of halogens is 2. The van der Waals surface area contributed by atoms with Crippen molar-refractivity contribution in [3.8, 4) is 17.2 Å². The largest absolute Gasteiger partial charge is 1.00 e. The minimum Gasteiger partial charge on any atom is -0.549 e. The molecule has 1 heterocycles. The van der Waals surface area contributed by atoms with E-state index in [-0.39, 0.29) is 47.1 Å². The Kier molecular flexibility index (Phi) is 9.09. The second kappa shape index (κ2) is 12.1. The second-order valence-corrected chi connectivity index (χ2v) is 9.90. The van der Waals surface area contributed by atoms with Crippen LogP contribution in [-0.2, 0) is 11.2 Å². The number of amides is 1. The first kappa shape index (κ1) is 27.8. The summed E-state index contributed by atoms with van der Waals surface area (Å²) in [5.74, 6) is -0.251. The number of hydrogen-bond acceptors (Lipinski definition) is 5. The number of carbonyl (C=O) groups is 2. The maximum absolute atomic E-state index is 12.6. The maximum atomic E-state index is 12.6. The molecule has 1 saturated carbocycles. The molecular weight excluding hydrogens is 524 g/mol. The summed E-state index contributed by atoms with van der Waals surface area (Å²) in [6.07, 6.45) is 3.44. The molecule has 186 valence electrons. The van der Waals surface area contributed by atoms with Crippen LogP contribution in [-0.4, -0.2) is 25.0 Å². The van der Waals surface area contributed by atoms with Crippen molar-refractivity contribution in [2.24, 2.45) is 0 Å². The van der Waals surface area contributed by atoms with Crippen LogP contribution in [0.3, 0.4) is 0 Å². The van der Waals surface area contributed by atoms with Crippen LogP contribution < -0.4 is 49.5 Å². The zero-order valence-corrected chi connectivity index (χ0v) is 23.9. The molecule has 3 aromatic carbocycles. The molecule has 9 heteroatoms. The van der Waals surface area contributed by atoms with Gasteiger partial charge in [-0.3, -0.25) is 4.79 Å². The molecule has 0 saturated heterocycles. The van der Waals surface area contributed by atoms with Crippen LogP contribution in [0, 0.1) is 0 Å². The average Bonchev–Trinajstić information content (AvgIpc) is 3.71. The number of hydrogen-bond donors (Lipinski definition) is 1. The van der Waals surface area contributed by atoms with Crippen LogP contribution in [0.2, 0.25) is 10.0 Å². The number of benzene rings is 3. The molecule has 1 unspecified atom stereocenters. The van der Waals surface area contributed by atoms with Crippen molar-refractivity contribution >= 4 is 35.1 Å². The van der Waals surface area contributed by atoms with Gasteiger partial charge in [0, 0.05) is 40.6 Å². The van der Waals surface area contributed by atoms with E-state index in [0.29, 0.717) is 53.7 Å². The Bertz CT molecular complexity index is 1310. The number of carboxylic acid groups (broad SMARTS) is 1. The fourth-order valence-corrected chi connectivity index (χ4v) is 4.86. The fraction of sp³-hybridized carbons (Fsp3) is 0.286. The normalized spacial score (nSPS) is 16.1. The van der Waals surface area contributed by atoms with E-state index < -0.39 is 11.9 Å². The van der Waals surface area contributed by atoms with Crippen molar-refractivity contribution in [2.75, 3.05) is 13.2 Å². The molecular formula is C28H24Cl2NNaO5. The monoisotopic (exact) mass is 547 g/mol. The minimum absolute atomic E-state index is 0. The Balaban J connectivity index is 0.00000320. The number of carbonyl (C=O) groups excluding carboxylic acids is 2. The average molecular weight is 548 g/mol. The van der Waals surface area contributed by atoms with E-state index in [4.69, 9.17) is 32.7 Å². The first-order chi connectivity index (χ1) is 17.4. The molecule has 1 aliphatic heterocycles. The van der Waals surface area contributed by atoms with Crippen molar-refractivity contribution in [3.05, 3.63) is 86.9 Å². The zero-order chi connectivity index (χ0) is 25.2. The van der Waals surface area contributed by atoms with E-state index in [1.54, 1.807) is 36.4 Å². The number of fused-ring (bicyclic) bond motifs is 1. The molecule has 0 aromatic heterocycles. The Labute approximate surface area is 247 Å². The molecule has 1 fully saturated rings. The molecule has 1 aliphatic carbocycles. The van der Waals surface area contributed by atoms with E-state index in [0.717, 1.165) is 10.6 Å². The number of ether oxygens (including phenoxy) is 2. The van der Waals surface area contributed by atoms with Crippen molar-refractivity contribution < 1.29 is 53.7 Å². The van der Waals surface area contributed by atoms with E-state index in [1.165, 1.54) is 18.4 Å². The molecule has 2 aliphatic rings. The SMILES string of the molecule is O=C(NCCc1ccc(C2CC2)cc1Cl)c1ccc(Oc2cc3c(cc2Cl)C(C(=O)[O-])CCO3)cc1.[Na+]. The number of rotatable bonds is 8. The fourth-order valence-electron chi connectivity index (χ4n) is 4.36. The van der Waals surface area contributed by atoms with Crippen LogP contribution in [0.5, 0.6) is 17.2 Å². The van der Waals surface area contributed by atoms with Gasteiger partial charge in [0.05, 0.1) is 11.6 Å². The summed E-state index contributed by atoms with van der Waals surface area (Å²) in [5, 5.41) is 15.3. The summed E-state index contributed by atoms with van der Waals surface area (Å²) >= 11 is 12.8. The first-order valence-corrected chi connectivity index (χ1v) is 12.7. The van der Waals surface area contributed by atoms with Gasteiger partial charge in [0.15, 0.2) is 0 Å². The van der Waals surface area contributed by atoms with Gasteiger partial charge in [0.2, 0.25) is 0 Å². The summed E-state index contributed by atoms with van der Waals surface area (Å²) in [4.78, 5) is 24.0. The molecule has 1 amide bonds. The second-order valence-electron chi connectivity index (χ2n) is 9.09. The number of aliphatic carboxylic acids is 1. The van der Waals surface area contributed by atoms with Gasteiger partial charge in [-0.15, -0.1) is 0 Å². The quantitative estimate of drug-likeness (QED) is 0.437.